The zero-order valence-electron chi connectivity index (χ0n) is 12.8. The van der Waals surface area contributed by atoms with E-state index in [0.29, 0.717) is 6.61 Å². The first-order valence-corrected chi connectivity index (χ1v) is 8.63. The lowest BCUT2D eigenvalue weighted by molar-refractivity contribution is 0.306. The molecule has 4 heteroatoms. The maximum atomic E-state index is 5.87. The zero-order chi connectivity index (χ0) is 16.8. The van der Waals surface area contributed by atoms with Gasteiger partial charge >= 0.3 is 0 Å². The topological polar surface area (TPSA) is 21.6 Å². The number of nitrogens with zero attached hydrogens (tertiary/aromatic N) is 1. The van der Waals surface area contributed by atoms with Crippen LogP contribution in [-0.2, 0) is 6.61 Å². The third kappa shape index (κ3) is 4.95. The average Bonchev–Trinajstić information content (AvgIpc) is 2.62. The zero-order valence-corrected chi connectivity index (χ0v) is 15.2. The molecule has 0 saturated heterocycles. The van der Waals surface area contributed by atoms with Crippen molar-refractivity contribution < 1.29 is 4.74 Å². The van der Waals surface area contributed by atoms with Crippen molar-refractivity contribution >= 4 is 39.4 Å². The molecule has 3 aromatic rings. The summed E-state index contributed by atoms with van der Waals surface area (Å²) in [5.41, 5.74) is 3.03. The molecule has 0 aliphatic rings. The predicted molar refractivity (Wildman–Crippen MR) is 104 cm³/mol. The van der Waals surface area contributed by atoms with Crippen LogP contribution in [0.5, 0.6) is 5.75 Å². The van der Waals surface area contributed by atoms with Gasteiger partial charge in [-0.2, -0.15) is 0 Å². The van der Waals surface area contributed by atoms with Crippen molar-refractivity contribution in [1.82, 2.24) is 0 Å². The normalized spacial score (nSPS) is 10.9. The third-order valence-electron chi connectivity index (χ3n) is 3.39. The number of ether oxygens (including phenoxy) is 1. The van der Waals surface area contributed by atoms with E-state index < -0.39 is 0 Å². The SMILES string of the molecule is Clc1ccc(COc2ccc(C=Nc3ccc(Br)cc3)cc2)cc1. The van der Waals surface area contributed by atoms with Gasteiger partial charge in [0, 0.05) is 15.7 Å². The van der Waals surface area contributed by atoms with Crippen molar-refractivity contribution in [3.8, 4) is 5.75 Å². The number of hydrogen-bond acceptors (Lipinski definition) is 2. The highest BCUT2D eigenvalue weighted by Gasteiger charge is 1.97. The number of hydrogen-bond donors (Lipinski definition) is 0. The van der Waals surface area contributed by atoms with E-state index in [0.717, 1.165) is 32.1 Å². The van der Waals surface area contributed by atoms with Gasteiger partial charge in [0.05, 0.1) is 5.69 Å². The van der Waals surface area contributed by atoms with Crippen LogP contribution in [0, 0.1) is 0 Å². The molecule has 0 fully saturated rings. The van der Waals surface area contributed by atoms with Gasteiger partial charge in [0.25, 0.3) is 0 Å². The summed E-state index contributed by atoms with van der Waals surface area (Å²) in [6.07, 6.45) is 1.84. The van der Waals surface area contributed by atoms with E-state index in [-0.39, 0.29) is 0 Å². The van der Waals surface area contributed by atoms with Gasteiger partial charge in [0.1, 0.15) is 12.4 Å². The van der Waals surface area contributed by atoms with E-state index in [9.17, 15) is 0 Å². The van der Waals surface area contributed by atoms with E-state index in [4.69, 9.17) is 16.3 Å². The van der Waals surface area contributed by atoms with Gasteiger partial charge in [0.2, 0.25) is 0 Å². The molecule has 0 heterocycles. The van der Waals surface area contributed by atoms with Gasteiger partial charge in [-0.05, 0) is 71.8 Å². The molecule has 0 saturated carbocycles. The standard InChI is InChI=1S/C20H15BrClNO/c21-17-5-9-19(10-6-17)23-13-15-3-11-20(12-4-15)24-14-16-1-7-18(22)8-2-16/h1-13H,14H2. The molecule has 0 bridgehead atoms. The maximum absolute atomic E-state index is 5.87. The first-order chi connectivity index (χ1) is 11.7. The number of benzene rings is 3. The van der Waals surface area contributed by atoms with Crippen LogP contribution >= 0.6 is 27.5 Å². The summed E-state index contributed by atoms with van der Waals surface area (Å²) in [6.45, 7) is 0.517. The first kappa shape index (κ1) is 16.7. The molecule has 0 atom stereocenters. The van der Waals surface area contributed by atoms with Gasteiger partial charge < -0.3 is 4.74 Å². The summed E-state index contributed by atoms with van der Waals surface area (Å²) in [7, 11) is 0. The Kier molecular flexibility index (Phi) is 5.68. The van der Waals surface area contributed by atoms with Crippen LogP contribution in [0.15, 0.2) is 82.3 Å². The molecule has 0 aliphatic heterocycles. The van der Waals surface area contributed by atoms with Crippen LogP contribution < -0.4 is 4.74 Å². The highest BCUT2D eigenvalue weighted by Crippen LogP contribution is 2.18. The second-order valence-electron chi connectivity index (χ2n) is 5.22. The van der Waals surface area contributed by atoms with Crippen LogP contribution in [0.2, 0.25) is 5.02 Å². The van der Waals surface area contributed by atoms with Crippen molar-refractivity contribution in [2.24, 2.45) is 4.99 Å². The first-order valence-electron chi connectivity index (χ1n) is 7.46. The second-order valence-corrected chi connectivity index (χ2v) is 6.57. The Balaban J connectivity index is 1.58. The Morgan fingerprint density at radius 3 is 2.21 bits per heavy atom. The fourth-order valence-electron chi connectivity index (χ4n) is 2.07. The molecule has 0 spiro atoms. The molecule has 120 valence electrons. The number of rotatable bonds is 5. The molecule has 0 amide bonds. The Morgan fingerprint density at radius 1 is 0.875 bits per heavy atom. The van der Waals surface area contributed by atoms with Crippen molar-refractivity contribution in [2.45, 2.75) is 6.61 Å². The van der Waals surface area contributed by atoms with Crippen molar-refractivity contribution in [3.63, 3.8) is 0 Å². The van der Waals surface area contributed by atoms with Gasteiger partial charge in [-0.15, -0.1) is 0 Å². The molecule has 0 radical (unpaired) electrons. The van der Waals surface area contributed by atoms with Crippen LogP contribution in [0.25, 0.3) is 0 Å². The third-order valence-corrected chi connectivity index (χ3v) is 4.17. The lowest BCUT2D eigenvalue weighted by Crippen LogP contribution is -1.95. The lowest BCUT2D eigenvalue weighted by atomic mass is 10.2. The van der Waals surface area contributed by atoms with E-state index in [1.807, 2.05) is 79.0 Å². The Hall–Kier alpha value is -2.10. The van der Waals surface area contributed by atoms with E-state index in [1.165, 1.54) is 0 Å². The molecule has 24 heavy (non-hydrogen) atoms. The van der Waals surface area contributed by atoms with Crippen LogP contribution in [0.1, 0.15) is 11.1 Å². The maximum Gasteiger partial charge on any atom is 0.119 e. The molecule has 2 nitrogen and oxygen atoms in total. The van der Waals surface area contributed by atoms with Crippen molar-refractivity contribution in [1.29, 1.82) is 0 Å². The lowest BCUT2D eigenvalue weighted by Gasteiger charge is -2.06. The van der Waals surface area contributed by atoms with Crippen molar-refractivity contribution in [3.05, 3.63) is 93.4 Å². The van der Waals surface area contributed by atoms with E-state index in [2.05, 4.69) is 20.9 Å². The quantitative estimate of drug-likeness (QED) is 0.452. The van der Waals surface area contributed by atoms with Crippen LogP contribution in [0.4, 0.5) is 5.69 Å². The fourth-order valence-corrected chi connectivity index (χ4v) is 2.46. The van der Waals surface area contributed by atoms with Crippen molar-refractivity contribution in [2.75, 3.05) is 0 Å². The van der Waals surface area contributed by atoms with Gasteiger partial charge in [-0.3, -0.25) is 4.99 Å². The number of aliphatic imine (C=N–C) groups is 1. The van der Waals surface area contributed by atoms with Gasteiger partial charge in [-0.1, -0.05) is 39.7 Å². The smallest absolute Gasteiger partial charge is 0.119 e. The summed E-state index contributed by atoms with van der Waals surface area (Å²) in [4.78, 5) is 4.45. The minimum atomic E-state index is 0.517. The Morgan fingerprint density at radius 2 is 1.54 bits per heavy atom. The molecule has 0 unspecified atom stereocenters. The molecular weight excluding hydrogens is 386 g/mol. The molecular formula is C20H15BrClNO. The summed E-state index contributed by atoms with van der Waals surface area (Å²) < 4.78 is 6.82. The molecule has 0 aliphatic carbocycles. The molecule has 3 aromatic carbocycles. The van der Waals surface area contributed by atoms with Crippen LogP contribution in [0.3, 0.4) is 0 Å². The highest BCUT2D eigenvalue weighted by atomic mass is 79.9. The molecule has 0 N–H and O–H groups in total. The molecule has 0 aromatic heterocycles. The summed E-state index contributed by atoms with van der Waals surface area (Å²) >= 11 is 9.28. The predicted octanol–water partition coefficient (Wildman–Crippen LogP) is 6.43. The highest BCUT2D eigenvalue weighted by molar-refractivity contribution is 9.10. The van der Waals surface area contributed by atoms with Gasteiger partial charge in [-0.25, -0.2) is 0 Å². The minimum Gasteiger partial charge on any atom is -0.489 e. The van der Waals surface area contributed by atoms with Gasteiger partial charge in [0.15, 0.2) is 0 Å². The van der Waals surface area contributed by atoms with E-state index in [1.54, 1.807) is 0 Å². The largest absolute Gasteiger partial charge is 0.489 e. The average molecular weight is 401 g/mol. The summed E-state index contributed by atoms with van der Waals surface area (Å²) in [5, 5.41) is 0.730. The fraction of sp³-hybridized carbons (Fsp3) is 0.0500. The molecule has 3 rings (SSSR count). The summed E-state index contributed by atoms with van der Waals surface area (Å²) in [5.74, 6) is 0.825. The van der Waals surface area contributed by atoms with Crippen LogP contribution in [-0.4, -0.2) is 6.21 Å². The van der Waals surface area contributed by atoms with E-state index >= 15 is 0 Å². The number of halogens is 2. The minimum absolute atomic E-state index is 0.517. The Labute approximate surface area is 154 Å². The second kappa shape index (κ2) is 8.13. The Bertz CT molecular complexity index is 812. The monoisotopic (exact) mass is 399 g/mol. The summed E-state index contributed by atoms with van der Waals surface area (Å²) in [6, 6.07) is 23.4.